The number of para-hydroxylation sites is 2. The van der Waals surface area contributed by atoms with E-state index >= 15 is 0 Å². The molecule has 15 heteroatoms. The summed E-state index contributed by atoms with van der Waals surface area (Å²) in [5.74, 6) is 2.07. The van der Waals surface area contributed by atoms with Gasteiger partial charge in [-0.15, -0.1) is 0 Å². The van der Waals surface area contributed by atoms with Crippen molar-refractivity contribution in [2.24, 2.45) is 47.0 Å². The van der Waals surface area contributed by atoms with Crippen molar-refractivity contribution in [1.29, 1.82) is 0 Å². The zero-order valence-electron chi connectivity index (χ0n) is 31.7. The average Bonchev–Trinajstić information content (AvgIpc) is 4.01. The van der Waals surface area contributed by atoms with E-state index in [-0.39, 0.29) is 70.3 Å². The number of carbonyl (C=O) groups excluding carboxylic acids is 2. The van der Waals surface area contributed by atoms with Gasteiger partial charge in [-0.3, -0.25) is 9.59 Å². The number of nitrogens with one attached hydrogen (secondary N) is 3. The molecule has 0 spiro atoms. The van der Waals surface area contributed by atoms with E-state index in [2.05, 4.69) is 60.2 Å². The van der Waals surface area contributed by atoms with Crippen molar-refractivity contribution < 1.29 is 19.8 Å². The Morgan fingerprint density at radius 3 is 1.64 bits per heavy atom. The molecule has 0 aliphatic heterocycles. The van der Waals surface area contributed by atoms with Crippen LogP contribution in [0.5, 0.6) is 11.5 Å². The van der Waals surface area contributed by atoms with Crippen LogP contribution < -0.4 is 33.2 Å². The molecule has 4 aromatic carbocycles. The van der Waals surface area contributed by atoms with E-state index in [1.165, 1.54) is 6.07 Å². The third-order valence-corrected chi connectivity index (χ3v) is 11.5. The number of phenolic OH excluding ortho intramolecular Hbond substituents is 2. The first-order valence-electron chi connectivity index (χ1n) is 19.3. The van der Waals surface area contributed by atoms with Crippen molar-refractivity contribution in [1.82, 2.24) is 19.9 Å². The molecule has 8 atom stereocenters. The quantitative estimate of drug-likeness (QED) is 0.0466. The Hall–Kier alpha value is -6.93. The van der Waals surface area contributed by atoms with E-state index in [1.54, 1.807) is 36.4 Å². The number of primary amides is 2. The van der Waals surface area contributed by atoms with Gasteiger partial charge in [0, 0.05) is 46.4 Å². The van der Waals surface area contributed by atoms with E-state index in [0.717, 1.165) is 34.6 Å². The molecule has 2 fully saturated rings. The van der Waals surface area contributed by atoms with Gasteiger partial charge in [-0.25, -0.2) is 15.0 Å². The van der Waals surface area contributed by atoms with Gasteiger partial charge in [0.05, 0.1) is 22.9 Å². The van der Waals surface area contributed by atoms with Crippen LogP contribution in [-0.4, -0.2) is 54.0 Å². The number of allylic oxidation sites excluding steroid dienone is 2. The Morgan fingerprint density at radius 1 is 0.610 bits per heavy atom. The minimum absolute atomic E-state index is 0.0399. The van der Waals surface area contributed by atoms with Crippen molar-refractivity contribution >= 4 is 74.2 Å². The van der Waals surface area contributed by atoms with Gasteiger partial charge in [-0.2, -0.15) is 4.98 Å². The molecule has 4 bridgehead atoms. The summed E-state index contributed by atoms with van der Waals surface area (Å²) in [5.41, 5.74) is 19.4. The summed E-state index contributed by atoms with van der Waals surface area (Å²) in [6.07, 6.45) is 10.4. The fourth-order valence-corrected chi connectivity index (χ4v) is 8.94. The highest BCUT2D eigenvalue weighted by molar-refractivity contribution is 6.28. The van der Waals surface area contributed by atoms with Crippen molar-refractivity contribution in [3.63, 3.8) is 0 Å². The Morgan fingerprint density at radius 2 is 1.12 bits per heavy atom. The van der Waals surface area contributed by atoms with Crippen molar-refractivity contribution in [3.8, 4) is 11.5 Å². The molecular weight excluding hydrogens is 768 g/mol. The number of hydrogen-bond donors (Lipinski definition) is 8. The van der Waals surface area contributed by atoms with E-state index in [0.29, 0.717) is 34.9 Å². The number of nitrogen functional groups attached to an aromatic ring is 1. The molecule has 11 N–H and O–H groups in total. The molecule has 8 unspecified atom stereocenters. The van der Waals surface area contributed by atoms with E-state index in [4.69, 9.17) is 33.9 Å². The van der Waals surface area contributed by atoms with Gasteiger partial charge in [-0.1, -0.05) is 60.7 Å². The predicted molar refractivity (Wildman–Crippen MR) is 230 cm³/mol. The molecule has 59 heavy (non-hydrogen) atoms. The van der Waals surface area contributed by atoms with Gasteiger partial charge in [0.1, 0.15) is 23.1 Å². The number of halogens is 1. The average molecular weight is 811 g/mol. The molecular formula is C44H43ClN10O4. The van der Waals surface area contributed by atoms with Crippen molar-refractivity contribution in [3.05, 3.63) is 127 Å². The summed E-state index contributed by atoms with van der Waals surface area (Å²) in [6, 6.07) is 28.6. The Kier molecular flexibility index (Phi) is 10.9. The van der Waals surface area contributed by atoms with Crippen molar-refractivity contribution in [2.45, 2.75) is 24.9 Å². The number of fused-ring (bicyclic) bond motifs is 6. The van der Waals surface area contributed by atoms with Crippen LogP contribution in [0.2, 0.25) is 5.28 Å². The molecule has 4 aliphatic rings. The summed E-state index contributed by atoms with van der Waals surface area (Å²) >= 11 is 6.02. The lowest BCUT2D eigenvalue weighted by molar-refractivity contribution is -0.123. The first kappa shape index (κ1) is 38.9. The van der Waals surface area contributed by atoms with Crippen LogP contribution in [0.15, 0.2) is 121 Å². The van der Waals surface area contributed by atoms with Gasteiger partial charge >= 0.3 is 0 Å². The lowest BCUT2D eigenvalue weighted by Crippen LogP contribution is -2.41. The van der Waals surface area contributed by atoms with Crippen LogP contribution >= 0.6 is 11.6 Å². The number of benzene rings is 4. The first-order valence-corrected chi connectivity index (χ1v) is 19.7. The number of nitrogens with two attached hydrogens (primary N) is 3. The molecule has 6 aromatic rings. The summed E-state index contributed by atoms with van der Waals surface area (Å²) in [5, 5.41) is 30.4. The van der Waals surface area contributed by atoms with Gasteiger partial charge < -0.3 is 43.4 Å². The number of anilines is 5. The Labute approximate surface area is 344 Å². The van der Waals surface area contributed by atoms with Crippen LogP contribution in [-0.2, 0) is 9.59 Å². The third kappa shape index (κ3) is 8.39. The number of phenols is 2. The summed E-state index contributed by atoms with van der Waals surface area (Å²) in [6.45, 7) is 0. The smallest absolute Gasteiger partial charge is 0.229 e. The minimum Gasteiger partial charge on any atom is -0.508 e. The van der Waals surface area contributed by atoms with Gasteiger partial charge in [0.25, 0.3) is 0 Å². The zero-order valence-corrected chi connectivity index (χ0v) is 32.4. The number of rotatable bonds is 8. The molecule has 10 rings (SSSR count). The number of aromatic hydroxyl groups is 2. The molecule has 2 aromatic heterocycles. The molecule has 2 amide bonds. The van der Waals surface area contributed by atoms with Crippen molar-refractivity contribution in [2.75, 3.05) is 21.7 Å². The van der Waals surface area contributed by atoms with E-state index < -0.39 is 0 Å². The second-order valence-electron chi connectivity index (χ2n) is 15.1. The summed E-state index contributed by atoms with van der Waals surface area (Å²) < 4.78 is 0. The van der Waals surface area contributed by atoms with Crippen LogP contribution in [0.4, 0.5) is 29.0 Å². The zero-order chi connectivity index (χ0) is 41.2. The first-order chi connectivity index (χ1) is 28.5. The number of nitrogens with zero attached hydrogens (tertiary/aromatic N) is 4. The summed E-state index contributed by atoms with van der Waals surface area (Å²) in [7, 11) is 0. The minimum atomic E-state index is -0.282. The highest BCUT2D eigenvalue weighted by atomic mass is 35.5. The Balaban J connectivity index is 0.000000142. The predicted octanol–water partition coefficient (Wildman–Crippen LogP) is 6.51. The summed E-state index contributed by atoms with van der Waals surface area (Å²) in [4.78, 5) is 41.7. The molecule has 0 saturated heterocycles. The Bertz CT molecular complexity index is 2590. The third-order valence-electron chi connectivity index (χ3n) is 11.3. The SMILES string of the molecule is NC(=O)C1C2C=CC(C2)C1Nc1nc(Cl)nc2ccccc12.NC(=O)C1C2C=CC(C2)C1Nc1nc(Nc2cccc(O)c2)nc2ccccc12.Nc1cccc(O)c1. The monoisotopic (exact) mass is 810 g/mol. The number of aromatic nitrogens is 4. The van der Waals surface area contributed by atoms with Gasteiger partial charge in [0.15, 0.2) is 0 Å². The van der Waals surface area contributed by atoms with E-state index in [9.17, 15) is 14.7 Å². The molecule has 4 aliphatic carbocycles. The van der Waals surface area contributed by atoms with Crippen LogP contribution in [0.3, 0.4) is 0 Å². The molecule has 2 saturated carbocycles. The fraction of sp³-hybridized carbons (Fsp3) is 0.227. The highest BCUT2D eigenvalue weighted by Gasteiger charge is 2.48. The normalized spacial score (nSPS) is 24.2. The fourth-order valence-electron chi connectivity index (χ4n) is 8.77. The lowest BCUT2D eigenvalue weighted by atomic mass is 9.88. The molecule has 14 nitrogen and oxygen atoms in total. The van der Waals surface area contributed by atoms with Gasteiger partial charge in [-0.05, 0) is 96.6 Å². The molecule has 2 heterocycles. The maximum absolute atomic E-state index is 12.1. The maximum atomic E-state index is 12.1. The molecule has 300 valence electrons. The van der Waals surface area contributed by atoms with E-state index in [1.807, 2.05) is 54.6 Å². The standard InChI is InChI=1S/C22H21N5O2.C16H15ClN4O.C6H7NO/c23-20(29)18-12-8-9-13(10-12)19(18)26-21-16-6-1-2-7-17(16)25-22(27-21)24-14-4-3-5-15(28)11-14;17-16-19-11-4-2-1-3-10(11)15(21-16)20-13-9-6-5-8(7-9)12(13)14(18)22;7-5-2-1-3-6(8)4-5/h1-9,11-13,18-19,28H,10H2,(H2,23,29)(H2,24,25,26,27);1-6,8-9,12-13H,7H2,(H2,18,22)(H,19,20,21);1-4,8H,7H2. The molecule has 0 radical (unpaired) electrons. The number of amides is 2. The maximum Gasteiger partial charge on any atom is 0.229 e. The van der Waals surface area contributed by atoms with Crippen LogP contribution in [0.1, 0.15) is 12.8 Å². The van der Waals surface area contributed by atoms with Crippen LogP contribution in [0, 0.1) is 35.5 Å². The second-order valence-corrected chi connectivity index (χ2v) is 15.5. The van der Waals surface area contributed by atoms with Gasteiger partial charge in [0.2, 0.25) is 23.0 Å². The highest BCUT2D eigenvalue weighted by Crippen LogP contribution is 2.46. The topological polar surface area (TPSA) is 240 Å². The number of carbonyl (C=O) groups is 2. The largest absolute Gasteiger partial charge is 0.508 e. The lowest BCUT2D eigenvalue weighted by Gasteiger charge is -2.27. The van der Waals surface area contributed by atoms with Crippen LogP contribution in [0.25, 0.3) is 21.8 Å². The second kappa shape index (κ2) is 16.5. The number of hydrogen-bond acceptors (Lipinski definition) is 12.